The van der Waals surface area contributed by atoms with E-state index < -0.39 is 105 Å². The molecule has 0 radical (unpaired) electrons. The van der Waals surface area contributed by atoms with Gasteiger partial charge < -0.3 is 84.4 Å². The summed E-state index contributed by atoms with van der Waals surface area (Å²) in [7, 11) is 1.57. The van der Waals surface area contributed by atoms with E-state index in [1.54, 1.807) is 49.6 Å². The van der Waals surface area contributed by atoms with Crippen LogP contribution in [0.25, 0.3) is 6.08 Å². The van der Waals surface area contributed by atoms with Crippen molar-refractivity contribution in [3.8, 4) is 11.5 Å². The van der Waals surface area contributed by atoms with Gasteiger partial charge in [-0.1, -0.05) is 24.3 Å². The summed E-state index contributed by atoms with van der Waals surface area (Å²) in [5.74, 6) is 0.675. The largest absolute Gasteiger partial charge is 0.497 e. The molecule has 3 aliphatic rings. The molecule has 0 aliphatic carbocycles. The van der Waals surface area contributed by atoms with Crippen molar-refractivity contribution >= 4 is 12.0 Å². The van der Waals surface area contributed by atoms with Gasteiger partial charge in [-0.25, -0.2) is 0 Å². The lowest BCUT2D eigenvalue weighted by Gasteiger charge is -2.48. The minimum atomic E-state index is -1.87. The maximum Gasteiger partial charge on any atom is 0.244 e. The molecule has 3 saturated heterocycles. The SMILES string of the molecule is COc1ccc(C=CC(=O)NCCc2ccc(O[C@@H]3O[C@@H](C)[C@H](O)[C@@H](O[C@@H]4O[C@H](CO)[C@@H](O)[C@H](O)[C@H]4O)[C@H]3O[C@@H]3O[C@H](CO)[C@@H](O)[C@H](O)[C@H]3O)cc2)cc1. The normalized spacial score (nSPS) is 37.2. The van der Waals surface area contributed by atoms with Crippen LogP contribution in [0.2, 0.25) is 0 Å². The zero-order valence-electron chi connectivity index (χ0n) is 29.6. The van der Waals surface area contributed by atoms with Crippen molar-refractivity contribution in [3.63, 3.8) is 0 Å². The van der Waals surface area contributed by atoms with Crippen molar-refractivity contribution in [2.75, 3.05) is 26.9 Å². The van der Waals surface area contributed by atoms with Crippen molar-refractivity contribution in [2.45, 2.75) is 105 Å². The maximum atomic E-state index is 12.3. The Kier molecular flexibility index (Phi) is 14.7. The third kappa shape index (κ3) is 9.91. The molecule has 3 fully saturated rings. The Hall–Kier alpha value is -3.31. The lowest BCUT2D eigenvalue weighted by atomic mass is 9.96. The second-order valence-corrected chi connectivity index (χ2v) is 13.2. The first-order valence-electron chi connectivity index (χ1n) is 17.5. The van der Waals surface area contributed by atoms with Gasteiger partial charge >= 0.3 is 0 Å². The summed E-state index contributed by atoms with van der Waals surface area (Å²) in [5, 5.41) is 96.1. The topological polar surface area (TPSA) is 276 Å². The Labute approximate surface area is 310 Å². The Morgan fingerprint density at radius 3 is 1.76 bits per heavy atom. The minimum Gasteiger partial charge on any atom is -0.497 e. The van der Waals surface area contributed by atoms with E-state index in [0.717, 1.165) is 11.1 Å². The van der Waals surface area contributed by atoms with E-state index in [4.69, 9.17) is 33.2 Å². The average molecular weight is 768 g/mol. The van der Waals surface area contributed by atoms with E-state index in [1.807, 2.05) is 12.1 Å². The molecular weight excluding hydrogens is 718 g/mol. The molecule has 5 rings (SSSR count). The minimum absolute atomic E-state index is 0.243. The molecule has 2 aromatic rings. The first-order valence-corrected chi connectivity index (χ1v) is 17.5. The van der Waals surface area contributed by atoms with Crippen LogP contribution in [0.4, 0.5) is 0 Å². The molecule has 2 aromatic carbocycles. The van der Waals surface area contributed by atoms with Gasteiger partial charge in [0.2, 0.25) is 12.2 Å². The molecule has 1 amide bonds. The van der Waals surface area contributed by atoms with E-state index in [2.05, 4.69) is 5.32 Å². The molecule has 0 saturated carbocycles. The van der Waals surface area contributed by atoms with Gasteiger partial charge in [0.05, 0.1) is 26.4 Å². The third-order valence-electron chi connectivity index (χ3n) is 9.47. The van der Waals surface area contributed by atoms with E-state index >= 15 is 0 Å². The first-order chi connectivity index (χ1) is 25.8. The van der Waals surface area contributed by atoms with Crippen LogP contribution < -0.4 is 14.8 Å². The molecule has 18 nitrogen and oxygen atoms in total. The molecule has 3 aliphatic heterocycles. The smallest absolute Gasteiger partial charge is 0.244 e. The first kappa shape index (κ1) is 41.8. The number of hydrogen-bond donors (Lipinski definition) is 10. The molecule has 0 unspecified atom stereocenters. The number of carbonyl (C=O) groups is 1. The predicted molar refractivity (Wildman–Crippen MR) is 183 cm³/mol. The van der Waals surface area contributed by atoms with Gasteiger partial charge in [-0.2, -0.15) is 0 Å². The van der Waals surface area contributed by atoms with Gasteiger partial charge in [0, 0.05) is 12.6 Å². The highest BCUT2D eigenvalue weighted by molar-refractivity contribution is 5.91. The van der Waals surface area contributed by atoms with E-state index in [9.17, 15) is 50.8 Å². The number of ether oxygens (including phenoxy) is 7. The highest BCUT2D eigenvalue weighted by Gasteiger charge is 2.54. The summed E-state index contributed by atoms with van der Waals surface area (Å²) in [6, 6.07) is 13.9. The average Bonchev–Trinajstić information content (AvgIpc) is 3.18. The molecular formula is C36H49NO17. The summed E-state index contributed by atoms with van der Waals surface area (Å²) < 4.78 is 40.2. The Morgan fingerprint density at radius 2 is 1.22 bits per heavy atom. The molecule has 3 heterocycles. The molecule has 0 bridgehead atoms. The number of amides is 1. The second-order valence-electron chi connectivity index (χ2n) is 13.2. The quantitative estimate of drug-likeness (QED) is 0.0854. The van der Waals surface area contributed by atoms with Crippen LogP contribution in [0.1, 0.15) is 18.1 Å². The zero-order chi connectivity index (χ0) is 39.1. The van der Waals surface area contributed by atoms with E-state index in [1.165, 1.54) is 13.0 Å². The monoisotopic (exact) mass is 767 g/mol. The molecule has 0 aromatic heterocycles. The number of aliphatic hydroxyl groups excluding tert-OH is 9. The van der Waals surface area contributed by atoms with Crippen LogP contribution in [0, 0.1) is 0 Å². The highest BCUT2D eigenvalue weighted by Crippen LogP contribution is 2.34. The van der Waals surface area contributed by atoms with Crippen LogP contribution in [0.15, 0.2) is 54.6 Å². The molecule has 10 N–H and O–H groups in total. The summed E-state index contributed by atoms with van der Waals surface area (Å²) in [6.07, 6.45) is -20.5. The van der Waals surface area contributed by atoms with Gasteiger partial charge in [0.25, 0.3) is 0 Å². The number of hydrogen-bond acceptors (Lipinski definition) is 17. The number of benzene rings is 2. The van der Waals surface area contributed by atoms with Crippen molar-refractivity contribution < 1.29 is 83.9 Å². The lowest BCUT2D eigenvalue weighted by Crippen LogP contribution is -2.67. The fourth-order valence-electron chi connectivity index (χ4n) is 6.19. The molecule has 18 heteroatoms. The van der Waals surface area contributed by atoms with Crippen molar-refractivity contribution in [1.29, 1.82) is 0 Å². The van der Waals surface area contributed by atoms with Gasteiger partial charge in [-0.15, -0.1) is 0 Å². The van der Waals surface area contributed by atoms with E-state index in [-0.39, 0.29) is 11.7 Å². The molecule has 15 atom stereocenters. The number of rotatable bonds is 14. The van der Waals surface area contributed by atoms with Gasteiger partial charge in [-0.3, -0.25) is 4.79 Å². The summed E-state index contributed by atoms with van der Waals surface area (Å²) >= 11 is 0. The van der Waals surface area contributed by atoms with Crippen molar-refractivity contribution in [3.05, 3.63) is 65.7 Å². The third-order valence-corrected chi connectivity index (χ3v) is 9.47. The number of carbonyl (C=O) groups excluding carboxylic acids is 1. The van der Waals surface area contributed by atoms with Crippen LogP contribution >= 0.6 is 0 Å². The Bertz CT molecular complexity index is 1490. The molecule has 0 spiro atoms. The highest BCUT2D eigenvalue weighted by atomic mass is 16.8. The van der Waals surface area contributed by atoms with Crippen LogP contribution in [0.3, 0.4) is 0 Å². The predicted octanol–water partition coefficient (Wildman–Crippen LogP) is -3.08. The van der Waals surface area contributed by atoms with Gasteiger partial charge in [0.15, 0.2) is 18.7 Å². The van der Waals surface area contributed by atoms with Crippen LogP contribution in [-0.2, 0) is 34.9 Å². The zero-order valence-corrected chi connectivity index (χ0v) is 29.6. The fourth-order valence-corrected chi connectivity index (χ4v) is 6.19. The van der Waals surface area contributed by atoms with Crippen molar-refractivity contribution in [1.82, 2.24) is 5.32 Å². The Balaban J connectivity index is 1.29. The standard InChI is InChI=1S/C36H49NO17/c1-17-25(41)32(53-34-30(46)28(44)26(42)22(15-38)51-34)33(54-35-31(47)29(45)27(43)23(16-39)52-35)36(49-17)50-21-10-5-19(6-11-21)13-14-37-24(40)12-7-18-3-8-20(48-2)9-4-18/h3-12,17,22-23,25-36,38-39,41-47H,13-16H2,1-2H3,(H,37,40)/t17-,22+,23+,25-,26+,27+,28-,29-,30+,31+,32+,33+,34-,35-,36-/m0/s1. The fraction of sp³-hybridized carbons (Fsp3) is 0.583. The van der Waals surface area contributed by atoms with Crippen LogP contribution in [-0.4, -0.2) is 171 Å². The van der Waals surface area contributed by atoms with Gasteiger partial charge in [-0.05, 0) is 54.8 Å². The second kappa shape index (κ2) is 19.0. The van der Waals surface area contributed by atoms with Gasteiger partial charge in [0.1, 0.15) is 72.5 Å². The van der Waals surface area contributed by atoms with Crippen LogP contribution in [0.5, 0.6) is 11.5 Å². The number of methoxy groups -OCH3 is 1. The Morgan fingerprint density at radius 1 is 0.685 bits per heavy atom. The molecule has 300 valence electrons. The van der Waals surface area contributed by atoms with E-state index in [0.29, 0.717) is 18.7 Å². The lowest BCUT2D eigenvalue weighted by molar-refractivity contribution is -0.382. The summed E-state index contributed by atoms with van der Waals surface area (Å²) in [5.41, 5.74) is 1.67. The number of nitrogens with one attached hydrogen (secondary N) is 1. The summed E-state index contributed by atoms with van der Waals surface area (Å²) in [6.45, 7) is 0.308. The summed E-state index contributed by atoms with van der Waals surface area (Å²) in [4.78, 5) is 12.3. The molecule has 54 heavy (non-hydrogen) atoms. The number of aliphatic hydroxyl groups is 9. The maximum absolute atomic E-state index is 12.3. The van der Waals surface area contributed by atoms with Crippen molar-refractivity contribution in [2.24, 2.45) is 0 Å².